The molecule has 3 amide bonds. The highest BCUT2D eigenvalue weighted by Gasteiger charge is 2.23. The summed E-state index contributed by atoms with van der Waals surface area (Å²) < 4.78 is 5.42. The number of morpholine rings is 1. The van der Waals surface area contributed by atoms with Gasteiger partial charge in [-0.05, 0) is 24.6 Å². The predicted molar refractivity (Wildman–Crippen MR) is 147 cm³/mol. The number of para-hydroxylation sites is 2. The fourth-order valence-corrected chi connectivity index (χ4v) is 4.72. The maximum Gasteiger partial charge on any atom is 0.319 e. The van der Waals surface area contributed by atoms with Crippen molar-refractivity contribution in [1.29, 1.82) is 0 Å². The maximum atomic E-state index is 12.8. The number of aryl methyl sites for hydroxylation is 1. The summed E-state index contributed by atoms with van der Waals surface area (Å²) in [5, 5.41) is 5.47. The smallest absolute Gasteiger partial charge is 0.319 e. The number of urea groups is 1. The van der Waals surface area contributed by atoms with Gasteiger partial charge in [0.25, 0.3) is 0 Å². The quantitative estimate of drug-likeness (QED) is 0.520. The predicted octanol–water partition coefficient (Wildman–Crippen LogP) is 2.76. The van der Waals surface area contributed by atoms with E-state index in [2.05, 4.69) is 42.5 Å². The van der Waals surface area contributed by atoms with Crippen LogP contribution in [0.2, 0.25) is 0 Å². The highest BCUT2D eigenvalue weighted by molar-refractivity contribution is 5.93. The van der Waals surface area contributed by atoms with E-state index < -0.39 is 0 Å². The molecule has 3 heterocycles. The lowest BCUT2D eigenvalue weighted by atomic mass is 10.1. The minimum atomic E-state index is -0.387. The second-order valence-electron chi connectivity index (χ2n) is 9.38. The molecule has 2 aliphatic rings. The van der Waals surface area contributed by atoms with Gasteiger partial charge in [0.1, 0.15) is 0 Å². The Morgan fingerprint density at radius 1 is 0.868 bits per heavy atom. The molecular weight excluding hydrogens is 482 g/mol. The second kappa shape index (κ2) is 11.9. The van der Waals surface area contributed by atoms with E-state index in [4.69, 9.17) is 4.74 Å². The molecule has 198 valence electrons. The molecule has 0 spiro atoms. The Morgan fingerprint density at radius 3 is 2.29 bits per heavy atom. The van der Waals surface area contributed by atoms with Gasteiger partial charge < -0.3 is 30.1 Å². The molecule has 2 N–H and O–H groups in total. The van der Waals surface area contributed by atoms with Gasteiger partial charge >= 0.3 is 6.03 Å². The van der Waals surface area contributed by atoms with Crippen LogP contribution in [0.3, 0.4) is 0 Å². The summed E-state index contributed by atoms with van der Waals surface area (Å²) in [7, 11) is 0. The Hall–Kier alpha value is -4.18. The molecule has 5 rings (SSSR count). The van der Waals surface area contributed by atoms with Crippen molar-refractivity contribution in [2.24, 2.45) is 0 Å². The van der Waals surface area contributed by atoms with Gasteiger partial charge in [-0.2, -0.15) is 0 Å². The molecule has 0 unspecified atom stereocenters. The highest BCUT2D eigenvalue weighted by Crippen LogP contribution is 2.31. The van der Waals surface area contributed by atoms with E-state index in [1.807, 2.05) is 55.7 Å². The molecule has 0 atom stereocenters. The topological polar surface area (TPSA) is 103 Å². The molecule has 0 radical (unpaired) electrons. The van der Waals surface area contributed by atoms with Gasteiger partial charge in [-0.25, -0.2) is 14.8 Å². The average Bonchev–Trinajstić information content (AvgIpc) is 2.98. The number of ether oxygens (including phenoxy) is 1. The van der Waals surface area contributed by atoms with Crippen molar-refractivity contribution in [3.8, 4) is 11.1 Å². The fourth-order valence-electron chi connectivity index (χ4n) is 4.72. The number of hydrogen-bond donors (Lipinski definition) is 2. The number of piperazine rings is 1. The number of anilines is 3. The van der Waals surface area contributed by atoms with Gasteiger partial charge in [0.05, 0.1) is 19.8 Å². The Balaban J connectivity index is 1.15. The van der Waals surface area contributed by atoms with Gasteiger partial charge in [0.2, 0.25) is 11.9 Å². The van der Waals surface area contributed by atoms with Crippen LogP contribution < -0.4 is 20.4 Å². The first-order chi connectivity index (χ1) is 18.6. The Labute approximate surface area is 222 Å². The molecule has 2 fully saturated rings. The molecule has 1 aromatic heterocycles. The van der Waals surface area contributed by atoms with E-state index in [1.54, 1.807) is 4.90 Å². The molecular formula is C28H33N7O3. The number of hydrogen-bond acceptors (Lipinski definition) is 7. The molecule has 3 aromatic rings. The summed E-state index contributed by atoms with van der Waals surface area (Å²) in [5.74, 6) is 0.632. The van der Waals surface area contributed by atoms with Crippen molar-refractivity contribution in [2.75, 3.05) is 74.1 Å². The molecule has 0 bridgehead atoms. The average molecular weight is 516 g/mol. The first-order valence-corrected chi connectivity index (χ1v) is 13.0. The van der Waals surface area contributed by atoms with Gasteiger partial charge in [-0.1, -0.05) is 36.4 Å². The molecule has 0 aliphatic carbocycles. The van der Waals surface area contributed by atoms with E-state index >= 15 is 0 Å². The van der Waals surface area contributed by atoms with Gasteiger partial charge in [-0.3, -0.25) is 4.79 Å². The van der Waals surface area contributed by atoms with Gasteiger partial charge in [0, 0.05) is 74.2 Å². The third kappa shape index (κ3) is 6.03. The van der Waals surface area contributed by atoms with Crippen molar-refractivity contribution < 1.29 is 14.3 Å². The first kappa shape index (κ1) is 25.5. The minimum Gasteiger partial charge on any atom is -0.378 e. The van der Waals surface area contributed by atoms with E-state index in [1.165, 1.54) is 0 Å². The fraction of sp³-hybridized carbons (Fsp3) is 0.357. The third-order valence-corrected chi connectivity index (χ3v) is 6.91. The van der Waals surface area contributed by atoms with Crippen LogP contribution in [0.4, 0.5) is 22.1 Å². The highest BCUT2D eigenvalue weighted by atomic mass is 16.5. The van der Waals surface area contributed by atoms with E-state index in [0.717, 1.165) is 47.1 Å². The van der Waals surface area contributed by atoms with Crippen molar-refractivity contribution in [1.82, 2.24) is 20.2 Å². The van der Waals surface area contributed by atoms with Crippen LogP contribution in [0.5, 0.6) is 0 Å². The lowest BCUT2D eigenvalue weighted by Crippen LogP contribution is -2.51. The standard InChI is InChI=1S/C28H33N7O3/c1-21-6-2-4-8-24(21)32-28(37)31-20-26(36)34-12-10-33(11-13-34)25-9-5-3-7-23(25)22-18-29-27(30-19-22)35-14-16-38-17-15-35/h2-9,18-19H,10-17,20H2,1H3,(H2,31,32,37). The Bertz CT molecular complexity index is 1250. The zero-order valence-corrected chi connectivity index (χ0v) is 21.6. The van der Waals surface area contributed by atoms with Crippen molar-refractivity contribution in [2.45, 2.75) is 6.92 Å². The molecule has 10 nitrogen and oxygen atoms in total. The van der Waals surface area contributed by atoms with Gasteiger partial charge in [0.15, 0.2) is 0 Å². The van der Waals surface area contributed by atoms with Crippen molar-refractivity contribution in [3.05, 3.63) is 66.5 Å². The van der Waals surface area contributed by atoms with E-state index in [-0.39, 0.29) is 18.5 Å². The number of benzene rings is 2. The van der Waals surface area contributed by atoms with Crippen LogP contribution in [-0.2, 0) is 9.53 Å². The number of amides is 3. The number of carbonyl (C=O) groups excluding carboxylic acids is 2. The van der Waals surface area contributed by atoms with Crippen LogP contribution in [0.15, 0.2) is 60.9 Å². The van der Waals surface area contributed by atoms with Crippen LogP contribution >= 0.6 is 0 Å². The maximum absolute atomic E-state index is 12.8. The SMILES string of the molecule is Cc1ccccc1NC(=O)NCC(=O)N1CCN(c2ccccc2-c2cnc(N3CCOCC3)nc2)CC1. The summed E-state index contributed by atoms with van der Waals surface area (Å²) in [6.07, 6.45) is 3.76. The number of nitrogens with zero attached hydrogens (tertiary/aromatic N) is 5. The summed E-state index contributed by atoms with van der Waals surface area (Å²) in [6.45, 7) is 7.43. The molecule has 2 aliphatic heterocycles. The van der Waals surface area contributed by atoms with E-state index in [0.29, 0.717) is 39.4 Å². The zero-order valence-electron chi connectivity index (χ0n) is 21.6. The molecule has 0 saturated carbocycles. The van der Waals surface area contributed by atoms with Crippen LogP contribution in [0.1, 0.15) is 5.56 Å². The number of carbonyl (C=O) groups is 2. The second-order valence-corrected chi connectivity index (χ2v) is 9.38. The zero-order chi connectivity index (χ0) is 26.3. The molecule has 2 saturated heterocycles. The van der Waals surface area contributed by atoms with Gasteiger partial charge in [-0.15, -0.1) is 0 Å². The largest absolute Gasteiger partial charge is 0.378 e. The minimum absolute atomic E-state index is 0.0405. The van der Waals surface area contributed by atoms with Crippen LogP contribution in [0, 0.1) is 6.92 Å². The van der Waals surface area contributed by atoms with Crippen LogP contribution in [0.25, 0.3) is 11.1 Å². The normalized spacial score (nSPS) is 15.8. The Morgan fingerprint density at radius 2 is 1.55 bits per heavy atom. The van der Waals surface area contributed by atoms with E-state index in [9.17, 15) is 9.59 Å². The van der Waals surface area contributed by atoms with Crippen molar-refractivity contribution >= 4 is 29.3 Å². The molecule has 10 heteroatoms. The lowest BCUT2D eigenvalue weighted by Gasteiger charge is -2.37. The van der Waals surface area contributed by atoms with Crippen molar-refractivity contribution in [3.63, 3.8) is 0 Å². The monoisotopic (exact) mass is 515 g/mol. The number of rotatable bonds is 6. The number of nitrogens with one attached hydrogen (secondary N) is 2. The Kier molecular flexibility index (Phi) is 7.98. The lowest BCUT2D eigenvalue weighted by molar-refractivity contribution is -0.130. The third-order valence-electron chi connectivity index (χ3n) is 6.91. The summed E-state index contributed by atoms with van der Waals surface area (Å²) in [5.41, 5.74) is 4.81. The first-order valence-electron chi connectivity index (χ1n) is 13.0. The summed E-state index contributed by atoms with van der Waals surface area (Å²) in [4.78, 5) is 40.5. The number of aromatic nitrogens is 2. The summed E-state index contributed by atoms with van der Waals surface area (Å²) in [6, 6.07) is 15.4. The molecule has 38 heavy (non-hydrogen) atoms. The molecule has 2 aromatic carbocycles. The summed E-state index contributed by atoms with van der Waals surface area (Å²) >= 11 is 0. The van der Waals surface area contributed by atoms with Crippen LogP contribution in [-0.4, -0.2) is 85.8 Å².